The van der Waals surface area contributed by atoms with Crippen LogP contribution in [0.15, 0.2) is 6.07 Å². The highest BCUT2D eigenvalue weighted by atomic mass is 15.2. The van der Waals surface area contributed by atoms with E-state index in [1.807, 2.05) is 6.07 Å². The SMILES string of the molecule is CCc1nc(N)cc(N2CCCC(C)CC2)n1. The van der Waals surface area contributed by atoms with Crippen LogP contribution in [0.5, 0.6) is 0 Å². The van der Waals surface area contributed by atoms with Crippen molar-refractivity contribution in [3.63, 3.8) is 0 Å². The van der Waals surface area contributed by atoms with Gasteiger partial charge in [-0.05, 0) is 25.2 Å². The summed E-state index contributed by atoms with van der Waals surface area (Å²) in [5.74, 6) is 3.26. The first-order valence-electron chi connectivity index (χ1n) is 6.57. The quantitative estimate of drug-likeness (QED) is 0.852. The van der Waals surface area contributed by atoms with Crippen LogP contribution in [0.4, 0.5) is 11.6 Å². The van der Waals surface area contributed by atoms with Gasteiger partial charge < -0.3 is 10.6 Å². The van der Waals surface area contributed by atoms with Crippen molar-refractivity contribution in [3.8, 4) is 0 Å². The second kappa shape index (κ2) is 5.34. The zero-order valence-electron chi connectivity index (χ0n) is 10.8. The van der Waals surface area contributed by atoms with Crippen molar-refractivity contribution in [3.05, 3.63) is 11.9 Å². The molecule has 17 heavy (non-hydrogen) atoms. The maximum absolute atomic E-state index is 5.83. The molecule has 4 heteroatoms. The van der Waals surface area contributed by atoms with E-state index < -0.39 is 0 Å². The molecule has 4 nitrogen and oxygen atoms in total. The van der Waals surface area contributed by atoms with Gasteiger partial charge in [0.05, 0.1) is 0 Å². The second-order valence-electron chi connectivity index (χ2n) is 4.94. The van der Waals surface area contributed by atoms with Crippen molar-refractivity contribution in [2.24, 2.45) is 5.92 Å². The molecule has 1 aromatic heterocycles. The van der Waals surface area contributed by atoms with Gasteiger partial charge in [0.25, 0.3) is 0 Å². The Balaban J connectivity index is 2.17. The zero-order valence-corrected chi connectivity index (χ0v) is 10.8. The Kier molecular flexibility index (Phi) is 3.82. The van der Waals surface area contributed by atoms with Gasteiger partial charge in [-0.3, -0.25) is 0 Å². The summed E-state index contributed by atoms with van der Waals surface area (Å²) in [4.78, 5) is 11.2. The van der Waals surface area contributed by atoms with Gasteiger partial charge in [0.1, 0.15) is 17.5 Å². The molecule has 1 aromatic rings. The summed E-state index contributed by atoms with van der Waals surface area (Å²) in [5.41, 5.74) is 5.83. The molecular formula is C13H22N4. The molecule has 0 saturated carbocycles. The molecule has 1 saturated heterocycles. The first kappa shape index (κ1) is 12.1. The predicted octanol–water partition coefficient (Wildman–Crippen LogP) is 2.25. The summed E-state index contributed by atoms with van der Waals surface area (Å²) in [6, 6.07) is 1.90. The number of anilines is 2. The summed E-state index contributed by atoms with van der Waals surface area (Å²) in [5, 5.41) is 0. The minimum Gasteiger partial charge on any atom is -0.384 e. The Hall–Kier alpha value is -1.32. The second-order valence-corrected chi connectivity index (χ2v) is 4.94. The van der Waals surface area contributed by atoms with E-state index in [-0.39, 0.29) is 0 Å². The fourth-order valence-electron chi connectivity index (χ4n) is 2.32. The fraction of sp³-hybridized carbons (Fsp3) is 0.692. The fourth-order valence-corrected chi connectivity index (χ4v) is 2.32. The molecule has 0 amide bonds. The smallest absolute Gasteiger partial charge is 0.134 e. The summed E-state index contributed by atoms with van der Waals surface area (Å²) in [6.07, 6.45) is 4.64. The number of nitrogens with zero attached hydrogens (tertiary/aromatic N) is 3. The van der Waals surface area contributed by atoms with Crippen molar-refractivity contribution < 1.29 is 0 Å². The van der Waals surface area contributed by atoms with Gasteiger partial charge in [0.2, 0.25) is 0 Å². The number of nitrogen functional groups attached to an aromatic ring is 1. The number of hydrogen-bond donors (Lipinski definition) is 1. The first-order valence-corrected chi connectivity index (χ1v) is 6.57. The molecule has 0 bridgehead atoms. The van der Waals surface area contributed by atoms with Crippen molar-refractivity contribution in [1.29, 1.82) is 0 Å². The molecule has 0 aliphatic carbocycles. The Morgan fingerprint density at radius 1 is 1.35 bits per heavy atom. The zero-order chi connectivity index (χ0) is 12.3. The van der Waals surface area contributed by atoms with Gasteiger partial charge in [0, 0.05) is 25.6 Å². The Morgan fingerprint density at radius 2 is 2.18 bits per heavy atom. The molecule has 0 spiro atoms. The van der Waals surface area contributed by atoms with E-state index in [0.717, 1.165) is 37.1 Å². The molecule has 1 aliphatic heterocycles. The maximum Gasteiger partial charge on any atom is 0.134 e. The first-order chi connectivity index (χ1) is 8.19. The van der Waals surface area contributed by atoms with Crippen LogP contribution < -0.4 is 10.6 Å². The molecule has 0 radical (unpaired) electrons. The molecule has 1 unspecified atom stereocenters. The lowest BCUT2D eigenvalue weighted by atomic mass is 10.0. The van der Waals surface area contributed by atoms with Crippen LogP contribution in [0.1, 0.15) is 38.9 Å². The van der Waals surface area contributed by atoms with E-state index in [1.165, 1.54) is 19.3 Å². The predicted molar refractivity (Wildman–Crippen MR) is 71.1 cm³/mol. The van der Waals surface area contributed by atoms with Crippen molar-refractivity contribution >= 4 is 11.6 Å². The topological polar surface area (TPSA) is 55.0 Å². The minimum absolute atomic E-state index is 0.587. The number of nitrogens with two attached hydrogens (primary N) is 1. The monoisotopic (exact) mass is 234 g/mol. The summed E-state index contributed by atoms with van der Waals surface area (Å²) in [7, 11) is 0. The Morgan fingerprint density at radius 3 is 2.94 bits per heavy atom. The number of rotatable bonds is 2. The van der Waals surface area contributed by atoms with E-state index in [4.69, 9.17) is 5.73 Å². The molecule has 2 rings (SSSR count). The standard InChI is InChI=1S/C13H22N4/c1-3-12-15-11(14)9-13(16-12)17-7-4-5-10(2)6-8-17/h9-10H,3-8H2,1-2H3,(H2,14,15,16). The number of aromatic nitrogens is 2. The van der Waals surface area contributed by atoms with Crippen molar-refractivity contribution in [1.82, 2.24) is 9.97 Å². The van der Waals surface area contributed by atoms with E-state index in [0.29, 0.717) is 5.82 Å². The van der Waals surface area contributed by atoms with Crippen LogP contribution >= 0.6 is 0 Å². The van der Waals surface area contributed by atoms with E-state index >= 15 is 0 Å². The van der Waals surface area contributed by atoms with Gasteiger partial charge >= 0.3 is 0 Å². The van der Waals surface area contributed by atoms with Crippen LogP contribution in [0.2, 0.25) is 0 Å². The molecule has 0 aromatic carbocycles. The molecule has 1 aliphatic rings. The lowest BCUT2D eigenvalue weighted by molar-refractivity contribution is 0.521. The number of hydrogen-bond acceptors (Lipinski definition) is 4. The third-order valence-corrected chi connectivity index (χ3v) is 3.44. The summed E-state index contributed by atoms with van der Waals surface area (Å²) >= 11 is 0. The van der Waals surface area contributed by atoms with E-state index in [9.17, 15) is 0 Å². The highest BCUT2D eigenvalue weighted by Gasteiger charge is 2.16. The average Bonchev–Trinajstić information content (AvgIpc) is 2.53. The Bertz CT molecular complexity index is 378. The van der Waals surface area contributed by atoms with Crippen molar-refractivity contribution in [2.45, 2.75) is 39.5 Å². The third kappa shape index (κ3) is 3.08. The van der Waals surface area contributed by atoms with E-state index in [2.05, 4.69) is 28.7 Å². The van der Waals surface area contributed by atoms with Crippen LogP contribution in [0, 0.1) is 5.92 Å². The maximum atomic E-state index is 5.83. The van der Waals surface area contributed by atoms with Crippen LogP contribution in [-0.4, -0.2) is 23.1 Å². The normalized spacial score (nSPS) is 21.3. The molecule has 1 atom stereocenters. The van der Waals surface area contributed by atoms with Gasteiger partial charge in [0.15, 0.2) is 0 Å². The molecule has 1 fully saturated rings. The highest BCUT2D eigenvalue weighted by molar-refractivity contribution is 5.47. The average molecular weight is 234 g/mol. The van der Waals surface area contributed by atoms with Gasteiger partial charge in [-0.1, -0.05) is 13.8 Å². The lowest BCUT2D eigenvalue weighted by Gasteiger charge is -2.22. The minimum atomic E-state index is 0.587. The summed E-state index contributed by atoms with van der Waals surface area (Å²) < 4.78 is 0. The van der Waals surface area contributed by atoms with E-state index in [1.54, 1.807) is 0 Å². The lowest BCUT2D eigenvalue weighted by Crippen LogP contribution is -2.25. The van der Waals surface area contributed by atoms with Crippen LogP contribution in [0.3, 0.4) is 0 Å². The van der Waals surface area contributed by atoms with Crippen LogP contribution in [-0.2, 0) is 6.42 Å². The van der Waals surface area contributed by atoms with Gasteiger partial charge in [-0.15, -0.1) is 0 Å². The van der Waals surface area contributed by atoms with Crippen molar-refractivity contribution in [2.75, 3.05) is 23.7 Å². The molecule has 94 valence electrons. The van der Waals surface area contributed by atoms with Gasteiger partial charge in [-0.2, -0.15) is 0 Å². The molecule has 2 heterocycles. The van der Waals surface area contributed by atoms with Crippen LogP contribution in [0.25, 0.3) is 0 Å². The Labute approximate surface area is 103 Å². The highest BCUT2D eigenvalue weighted by Crippen LogP contribution is 2.22. The third-order valence-electron chi connectivity index (χ3n) is 3.44. The number of aryl methyl sites for hydroxylation is 1. The molecular weight excluding hydrogens is 212 g/mol. The van der Waals surface area contributed by atoms with Gasteiger partial charge in [-0.25, -0.2) is 9.97 Å². The largest absolute Gasteiger partial charge is 0.384 e. The molecule has 2 N–H and O–H groups in total. The summed E-state index contributed by atoms with van der Waals surface area (Å²) in [6.45, 7) is 6.56.